The average molecular weight is 512 g/mol. The third-order valence-corrected chi connectivity index (χ3v) is 7.56. The summed E-state index contributed by atoms with van der Waals surface area (Å²) in [4.78, 5) is 49.4. The van der Waals surface area contributed by atoms with E-state index in [0.717, 1.165) is 17.6 Å². The second kappa shape index (κ2) is 8.72. The highest BCUT2D eigenvalue weighted by molar-refractivity contribution is 7.48. The number of aromatic amines is 1. The van der Waals surface area contributed by atoms with Crippen LogP contribution in [0, 0.1) is 17.8 Å². The zero-order valence-corrected chi connectivity index (χ0v) is 20.3. The SMILES string of the molecule is C#C[C@@]1(C)[C@H](n2ccc(=O)[nH]c2=O)O[C@@H]2C3O[P@@](=O)(OCC[C@@H](OC(C)=O)C(=O)OC(C)C)O[C@]321. The van der Waals surface area contributed by atoms with Crippen LogP contribution in [0.1, 0.15) is 40.3 Å². The van der Waals surface area contributed by atoms with Crippen LogP contribution in [0.4, 0.5) is 0 Å². The van der Waals surface area contributed by atoms with E-state index in [1.807, 2.05) is 0 Å². The van der Waals surface area contributed by atoms with Crippen LogP contribution in [0.25, 0.3) is 0 Å². The quantitative estimate of drug-likeness (QED) is 0.296. The van der Waals surface area contributed by atoms with Crippen molar-refractivity contribution in [3.63, 3.8) is 0 Å². The van der Waals surface area contributed by atoms with E-state index in [2.05, 4.69) is 10.9 Å². The largest absolute Gasteiger partial charge is 0.476 e. The summed E-state index contributed by atoms with van der Waals surface area (Å²) < 4.78 is 46.9. The molecule has 1 aromatic heterocycles. The molecule has 1 N–H and O–H groups in total. The average Bonchev–Trinajstić information content (AvgIpc) is 3.06. The number of hydrogen-bond acceptors (Lipinski definition) is 11. The number of H-pyrrole nitrogens is 1. The Labute approximate surface area is 199 Å². The van der Waals surface area contributed by atoms with Crippen LogP contribution in [0.15, 0.2) is 21.9 Å². The molecule has 4 rings (SSSR count). The first-order valence-corrected chi connectivity index (χ1v) is 12.3. The molecule has 13 nitrogen and oxygen atoms in total. The van der Waals surface area contributed by atoms with Gasteiger partial charge in [-0.05, 0) is 20.8 Å². The second-order valence-electron chi connectivity index (χ2n) is 8.84. The number of carbonyl (C=O) groups excluding carboxylic acids is 2. The maximum Gasteiger partial charge on any atom is 0.476 e. The van der Waals surface area contributed by atoms with Crippen molar-refractivity contribution in [3.8, 4) is 12.3 Å². The van der Waals surface area contributed by atoms with Crippen LogP contribution >= 0.6 is 7.82 Å². The molecule has 0 aromatic carbocycles. The summed E-state index contributed by atoms with van der Waals surface area (Å²) in [5, 5.41) is 0. The Morgan fingerprint density at radius 3 is 2.63 bits per heavy atom. The van der Waals surface area contributed by atoms with Gasteiger partial charge in [0.25, 0.3) is 5.56 Å². The molecule has 1 aliphatic carbocycles. The Kier molecular flexibility index (Phi) is 6.32. The van der Waals surface area contributed by atoms with Gasteiger partial charge in [0.15, 0.2) is 11.8 Å². The fourth-order valence-electron chi connectivity index (χ4n) is 4.42. The van der Waals surface area contributed by atoms with E-state index in [1.165, 1.54) is 6.20 Å². The van der Waals surface area contributed by atoms with Crippen molar-refractivity contribution in [1.82, 2.24) is 9.55 Å². The summed E-state index contributed by atoms with van der Waals surface area (Å²) >= 11 is 0. The van der Waals surface area contributed by atoms with Crippen molar-refractivity contribution in [3.05, 3.63) is 33.1 Å². The predicted molar refractivity (Wildman–Crippen MR) is 116 cm³/mol. The van der Waals surface area contributed by atoms with E-state index in [4.69, 9.17) is 34.2 Å². The maximum atomic E-state index is 13.2. The molecule has 35 heavy (non-hydrogen) atoms. The first-order chi connectivity index (χ1) is 16.4. The molecule has 1 spiro atoms. The lowest BCUT2D eigenvalue weighted by atomic mass is 9.81. The minimum atomic E-state index is -4.15. The van der Waals surface area contributed by atoms with Crippen molar-refractivity contribution in [2.24, 2.45) is 5.41 Å². The zero-order chi connectivity index (χ0) is 25.8. The van der Waals surface area contributed by atoms with E-state index in [9.17, 15) is 23.7 Å². The highest BCUT2D eigenvalue weighted by Gasteiger charge is 2.90. The van der Waals surface area contributed by atoms with Gasteiger partial charge in [0.05, 0.1) is 12.7 Å². The Hall–Kier alpha value is -2.75. The highest BCUT2D eigenvalue weighted by atomic mass is 31.2. The molecule has 2 aliphatic heterocycles. The first kappa shape index (κ1) is 25.3. The predicted octanol–water partition coefficient (Wildman–Crippen LogP) is 0.639. The Morgan fingerprint density at radius 2 is 2.03 bits per heavy atom. The normalized spacial score (nSPS) is 35.6. The molecule has 14 heteroatoms. The standard InChI is InChI=1S/C21H25N2O11P/c1-6-20(5)18(23-9-7-14(25)22-19(23)27)32-15-16-21(15,20)34-35(28,33-16)29-10-8-13(31-12(4)24)17(26)30-11(2)3/h1,7,9,11,13,15-16,18H,8,10H2,2-5H3,(H,22,25,27)/t13-,15-,16?,18-,20+,21+,35-/m1/s1. The molecule has 3 aliphatic rings. The number of ether oxygens (including phenoxy) is 3. The van der Waals surface area contributed by atoms with Crippen LogP contribution in [0.3, 0.4) is 0 Å². The zero-order valence-electron chi connectivity index (χ0n) is 19.4. The fourth-order valence-corrected chi connectivity index (χ4v) is 6.21. The maximum absolute atomic E-state index is 13.2. The summed E-state index contributed by atoms with van der Waals surface area (Å²) in [7, 11) is -4.15. The third-order valence-electron chi connectivity index (χ3n) is 6.05. The third kappa shape index (κ3) is 4.15. The van der Waals surface area contributed by atoms with Crippen LogP contribution in [0.2, 0.25) is 0 Å². The van der Waals surface area contributed by atoms with Gasteiger partial charge in [-0.25, -0.2) is 14.2 Å². The Bertz CT molecular complexity index is 1250. The summed E-state index contributed by atoms with van der Waals surface area (Å²) in [5.41, 5.74) is -4.00. The number of nitrogens with zero attached hydrogens (tertiary/aromatic N) is 1. The number of fused-ring (bicyclic) bond motifs is 1. The number of nitrogens with one attached hydrogen (secondary N) is 1. The van der Waals surface area contributed by atoms with Crippen molar-refractivity contribution < 1.29 is 41.9 Å². The summed E-state index contributed by atoms with van der Waals surface area (Å²) in [5.74, 6) is 1.10. The number of esters is 2. The lowest BCUT2D eigenvalue weighted by Crippen LogP contribution is -2.44. The van der Waals surface area contributed by atoms with Gasteiger partial charge < -0.3 is 14.2 Å². The summed E-state index contributed by atoms with van der Waals surface area (Å²) in [6, 6.07) is 1.14. The number of phosphoric acid groups is 1. The smallest absolute Gasteiger partial charge is 0.460 e. The molecule has 3 fully saturated rings. The lowest BCUT2D eigenvalue weighted by Gasteiger charge is -2.32. The van der Waals surface area contributed by atoms with Crippen LogP contribution in [-0.2, 0) is 41.9 Å². The Morgan fingerprint density at radius 1 is 1.31 bits per heavy atom. The van der Waals surface area contributed by atoms with Gasteiger partial charge in [-0.1, -0.05) is 5.92 Å². The van der Waals surface area contributed by atoms with Gasteiger partial charge in [0, 0.05) is 25.6 Å². The number of carbonyl (C=O) groups is 2. The Balaban J connectivity index is 1.46. The van der Waals surface area contributed by atoms with Crippen LogP contribution in [-0.4, -0.2) is 58.1 Å². The van der Waals surface area contributed by atoms with Gasteiger partial charge in [-0.2, -0.15) is 0 Å². The molecule has 2 saturated heterocycles. The van der Waals surface area contributed by atoms with Gasteiger partial charge in [0.1, 0.15) is 17.6 Å². The van der Waals surface area contributed by atoms with E-state index in [-0.39, 0.29) is 13.0 Å². The molecular weight excluding hydrogens is 487 g/mol. The monoisotopic (exact) mass is 512 g/mol. The number of terminal acetylenes is 1. The van der Waals surface area contributed by atoms with E-state index in [1.54, 1.807) is 20.8 Å². The molecule has 0 radical (unpaired) electrons. The molecule has 1 saturated carbocycles. The van der Waals surface area contributed by atoms with Gasteiger partial charge >= 0.3 is 25.5 Å². The number of phosphoric ester groups is 1. The molecule has 1 aromatic rings. The van der Waals surface area contributed by atoms with Crippen molar-refractivity contribution in [2.75, 3.05) is 6.61 Å². The highest BCUT2D eigenvalue weighted by Crippen LogP contribution is 2.79. The van der Waals surface area contributed by atoms with Gasteiger partial charge in [-0.3, -0.25) is 32.7 Å². The molecule has 190 valence electrons. The number of rotatable bonds is 8. The van der Waals surface area contributed by atoms with Crippen LogP contribution < -0.4 is 11.2 Å². The molecular formula is C21H25N2O11P. The number of aromatic nitrogens is 2. The van der Waals surface area contributed by atoms with Crippen LogP contribution in [0.5, 0.6) is 0 Å². The minimum Gasteiger partial charge on any atom is -0.460 e. The van der Waals surface area contributed by atoms with Gasteiger partial charge in [-0.15, -0.1) is 6.42 Å². The molecule has 3 heterocycles. The van der Waals surface area contributed by atoms with E-state index < -0.39 is 72.7 Å². The number of hydrogen-bond donors (Lipinski definition) is 1. The minimum absolute atomic E-state index is 0.165. The lowest BCUT2D eigenvalue weighted by molar-refractivity contribution is -0.170. The van der Waals surface area contributed by atoms with Crippen molar-refractivity contribution in [2.45, 2.75) is 70.4 Å². The first-order valence-electron chi connectivity index (χ1n) is 10.8. The molecule has 0 amide bonds. The molecule has 0 bridgehead atoms. The molecule has 1 unspecified atom stereocenters. The van der Waals surface area contributed by atoms with Crippen molar-refractivity contribution in [1.29, 1.82) is 0 Å². The van der Waals surface area contributed by atoms with Crippen molar-refractivity contribution >= 4 is 19.8 Å². The molecule has 7 atom stereocenters. The van der Waals surface area contributed by atoms with Gasteiger partial charge in [0.2, 0.25) is 6.10 Å². The summed E-state index contributed by atoms with van der Waals surface area (Å²) in [6.07, 6.45) is 2.60. The second-order valence-corrected chi connectivity index (χ2v) is 10.4. The fraction of sp³-hybridized carbons (Fsp3) is 0.619. The topological polar surface area (TPSA) is 161 Å². The summed E-state index contributed by atoms with van der Waals surface area (Å²) in [6.45, 7) is 5.68. The van der Waals surface area contributed by atoms with E-state index in [0.29, 0.717) is 0 Å². The van der Waals surface area contributed by atoms with E-state index >= 15 is 0 Å².